The highest BCUT2D eigenvalue weighted by Crippen LogP contribution is 2.15. The highest BCUT2D eigenvalue weighted by atomic mass is 32.1. The number of carbonyl (C=O) groups is 1. The summed E-state index contributed by atoms with van der Waals surface area (Å²) in [5, 5.41) is 13.8. The van der Waals surface area contributed by atoms with Crippen LogP contribution in [0.15, 0.2) is 47.8 Å². The first-order valence-electron chi connectivity index (χ1n) is 5.56. The van der Waals surface area contributed by atoms with Crippen LogP contribution in [0.25, 0.3) is 0 Å². The summed E-state index contributed by atoms with van der Waals surface area (Å²) in [4.78, 5) is 13.0. The molecule has 1 amide bonds. The van der Waals surface area contributed by atoms with Gasteiger partial charge < -0.3 is 5.32 Å². The van der Waals surface area contributed by atoms with E-state index in [0.717, 1.165) is 10.4 Å². The van der Waals surface area contributed by atoms with Crippen LogP contribution in [-0.2, 0) is 11.3 Å². The van der Waals surface area contributed by atoms with E-state index in [9.17, 15) is 4.79 Å². The number of nitrogens with zero attached hydrogens (tertiary/aromatic N) is 1. The molecule has 2 rings (SSSR count). The third-order valence-corrected chi connectivity index (χ3v) is 3.42. The maximum atomic E-state index is 11.9. The van der Waals surface area contributed by atoms with Gasteiger partial charge in [-0.3, -0.25) is 4.79 Å². The Morgan fingerprint density at radius 2 is 2.06 bits per heavy atom. The molecule has 1 aromatic heterocycles. The molecule has 0 aliphatic carbocycles. The topological polar surface area (TPSA) is 52.9 Å². The van der Waals surface area contributed by atoms with Crippen molar-refractivity contribution in [3.8, 4) is 6.07 Å². The van der Waals surface area contributed by atoms with Crippen molar-refractivity contribution in [1.29, 1.82) is 5.26 Å². The Kier molecular flexibility index (Phi) is 4.11. The quantitative estimate of drug-likeness (QED) is 0.914. The van der Waals surface area contributed by atoms with E-state index in [1.165, 1.54) is 0 Å². The van der Waals surface area contributed by atoms with Gasteiger partial charge >= 0.3 is 0 Å². The molecule has 18 heavy (non-hydrogen) atoms. The number of amides is 1. The Hall–Kier alpha value is -2.12. The fourth-order valence-electron chi connectivity index (χ4n) is 1.62. The number of hydrogen-bond donors (Lipinski definition) is 1. The molecule has 4 heteroatoms. The molecule has 0 aliphatic rings. The Morgan fingerprint density at radius 3 is 2.67 bits per heavy atom. The summed E-state index contributed by atoms with van der Waals surface area (Å²) >= 11 is 1.58. The van der Waals surface area contributed by atoms with Gasteiger partial charge in [0.25, 0.3) is 0 Å². The van der Waals surface area contributed by atoms with Gasteiger partial charge in [0, 0.05) is 4.88 Å². The Balaban J connectivity index is 2.01. The molecule has 0 fully saturated rings. The van der Waals surface area contributed by atoms with Crippen molar-refractivity contribution in [3.63, 3.8) is 0 Å². The zero-order valence-corrected chi connectivity index (χ0v) is 10.5. The second kappa shape index (κ2) is 5.99. The van der Waals surface area contributed by atoms with Crippen molar-refractivity contribution in [1.82, 2.24) is 5.32 Å². The zero-order chi connectivity index (χ0) is 12.8. The van der Waals surface area contributed by atoms with Gasteiger partial charge in [-0.1, -0.05) is 36.4 Å². The summed E-state index contributed by atoms with van der Waals surface area (Å²) in [6.45, 7) is 0.474. The number of nitrogens with one attached hydrogen (secondary N) is 1. The predicted octanol–water partition coefficient (Wildman–Crippen LogP) is 2.67. The minimum absolute atomic E-state index is 0.253. The summed E-state index contributed by atoms with van der Waals surface area (Å²) in [6.07, 6.45) is 0. The van der Waals surface area contributed by atoms with Crippen molar-refractivity contribution in [3.05, 3.63) is 58.3 Å². The van der Waals surface area contributed by atoms with E-state index < -0.39 is 5.92 Å². The monoisotopic (exact) mass is 256 g/mol. The fourth-order valence-corrected chi connectivity index (χ4v) is 2.26. The van der Waals surface area contributed by atoms with Gasteiger partial charge in [-0.15, -0.1) is 11.3 Å². The zero-order valence-electron chi connectivity index (χ0n) is 9.67. The number of benzene rings is 1. The third kappa shape index (κ3) is 2.96. The predicted molar refractivity (Wildman–Crippen MR) is 71.0 cm³/mol. The maximum absolute atomic E-state index is 11.9. The van der Waals surface area contributed by atoms with E-state index in [2.05, 4.69) is 5.32 Å². The van der Waals surface area contributed by atoms with Crippen molar-refractivity contribution in [2.45, 2.75) is 12.5 Å². The largest absolute Gasteiger partial charge is 0.350 e. The minimum Gasteiger partial charge on any atom is -0.350 e. The standard InChI is InChI=1S/C14H12N2OS/c15-9-13(11-5-2-1-3-6-11)14(17)16-10-12-7-4-8-18-12/h1-8,13H,10H2,(H,16,17). The van der Waals surface area contributed by atoms with Crippen LogP contribution in [-0.4, -0.2) is 5.91 Å². The van der Waals surface area contributed by atoms with Crippen LogP contribution in [0.1, 0.15) is 16.4 Å². The first-order valence-corrected chi connectivity index (χ1v) is 6.44. The van der Waals surface area contributed by atoms with E-state index in [1.54, 1.807) is 23.5 Å². The molecule has 1 atom stereocenters. The lowest BCUT2D eigenvalue weighted by atomic mass is 10.00. The van der Waals surface area contributed by atoms with Crippen LogP contribution in [0, 0.1) is 11.3 Å². The van der Waals surface area contributed by atoms with E-state index in [0.29, 0.717) is 6.54 Å². The number of thiophene rings is 1. The first kappa shape index (κ1) is 12.3. The highest BCUT2D eigenvalue weighted by molar-refractivity contribution is 7.09. The van der Waals surface area contributed by atoms with Crippen molar-refractivity contribution in [2.24, 2.45) is 0 Å². The van der Waals surface area contributed by atoms with Crippen LogP contribution in [0.5, 0.6) is 0 Å². The smallest absolute Gasteiger partial charge is 0.242 e. The molecule has 1 aromatic carbocycles. The SMILES string of the molecule is N#CC(C(=O)NCc1cccs1)c1ccccc1. The summed E-state index contributed by atoms with van der Waals surface area (Å²) < 4.78 is 0. The van der Waals surface area contributed by atoms with Gasteiger partial charge in [-0.05, 0) is 17.0 Å². The van der Waals surface area contributed by atoms with Gasteiger partial charge in [0.15, 0.2) is 0 Å². The molecule has 90 valence electrons. The number of nitriles is 1. The molecule has 0 radical (unpaired) electrons. The van der Waals surface area contributed by atoms with Crippen molar-refractivity contribution < 1.29 is 4.79 Å². The first-order chi connectivity index (χ1) is 8.81. The Bertz CT molecular complexity index is 543. The molecule has 0 bridgehead atoms. The summed E-state index contributed by atoms with van der Waals surface area (Å²) in [5.74, 6) is -0.997. The van der Waals surface area contributed by atoms with Crippen LogP contribution in [0.4, 0.5) is 0 Å². The second-order valence-electron chi connectivity index (χ2n) is 3.77. The summed E-state index contributed by atoms with van der Waals surface area (Å²) in [5.41, 5.74) is 0.726. The minimum atomic E-state index is -0.744. The van der Waals surface area contributed by atoms with E-state index in [4.69, 9.17) is 5.26 Å². The second-order valence-corrected chi connectivity index (χ2v) is 4.80. The van der Waals surface area contributed by atoms with Crippen LogP contribution in [0.3, 0.4) is 0 Å². The lowest BCUT2D eigenvalue weighted by Gasteiger charge is -2.09. The molecule has 0 spiro atoms. The molecular weight excluding hydrogens is 244 g/mol. The molecule has 1 heterocycles. The van der Waals surface area contributed by atoms with Gasteiger partial charge in [0.2, 0.25) is 5.91 Å². The average Bonchev–Trinajstić information content (AvgIpc) is 2.92. The average molecular weight is 256 g/mol. The molecule has 2 aromatic rings. The third-order valence-electron chi connectivity index (χ3n) is 2.54. The molecule has 3 nitrogen and oxygen atoms in total. The van der Waals surface area contributed by atoms with Gasteiger partial charge in [-0.2, -0.15) is 5.26 Å². The summed E-state index contributed by atoms with van der Waals surface area (Å²) in [6, 6.07) is 15.0. The molecular formula is C14H12N2OS. The number of rotatable bonds is 4. The van der Waals surface area contributed by atoms with Crippen LogP contribution >= 0.6 is 11.3 Å². The van der Waals surface area contributed by atoms with E-state index >= 15 is 0 Å². The molecule has 1 unspecified atom stereocenters. The number of carbonyl (C=O) groups excluding carboxylic acids is 1. The van der Waals surface area contributed by atoms with E-state index in [1.807, 2.05) is 41.8 Å². The normalized spacial score (nSPS) is 11.5. The van der Waals surface area contributed by atoms with Gasteiger partial charge in [0.1, 0.15) is 5.92 Å². The lowest BCUT2D eigenvalue weighted by Crippen LogP contribution is -2.27. The fraction of sp³-hybridized carbons (Fsp3) is 0.143. The molecule has 1 N–H and O–H groups in total. The van der Waals surface area contributed by atoms with Gasteiger partial charge in [-0.25, -0.2) is 0 Å². The lowest BCUT2D eigenvalue weighted by molar-refractivity contribution is -0.121. The summed E-state index contributed by atoms with van der Waals surface area (Å²) in [7, 11) is 0. The molecule has 0 aliphatic heterocycles. The van der Waals surface area contributed by atoms with E-state index in [-0.39, 0.29) is 5.91 Å². The van der Waals surface area contributed by atoms with Crippen LogP contribution < -0.4 is 5.32 Å². The van der Waals surface area contributed by atoms with Crippen molar-refractivity contribution in [2.75, 3.05) is 0 Å². The Morgan fingerprint density at radius 1 is 1.28 bits per heavy atom. The number of hydrogen-bond acceptors (Lipinski definition) is 3. The molecule has 0 saturated heterocycles. The maximum Gasteiger partial charge on any atom is 0.242 e. The highest BCUT2D eigenvalue weighted by Gasteiger charge is 2.19. The van der Waals surface area contributed by atoms with Crippen molar-refractivity contribution >= 4 is 17.2 Å². The Labute approximate surface area is 110 Å². The van der Waals surface area contributed by atoms with Gasteiger partial charge in [0.05, 0.1) is 12.6 Å². The van der Waals surface area contributed by atoms with Crippen LogP contribution in [0.2, 0.25) is 0 Å². The molecule has 0 saturated carbocycles.